The molecule has 3 heterocycles. The molecule has 9 heteroatoms. The molecule has 1 saturated heterocycles. The van der Waals surface area contributed by atoms with Crippen LogP contribution in [0.4, 0.5) is 5.69 Å². The number of non-ortho nitro benzene ring substituents is 1. The van der Waals surface area contributed by atoms with Crippen molar-refractivity contribution < 1.29 is 19.2 Å². The van der Waals surface area contributed by atoms with Crippen molar-refractivity contribution in [2.24, 2.45) is 0 Å². The number of nitro benzene ring substituents is 1. The van der Waals surface area contributed by atoms with Gasteiger partial charge in [-0.1, -0.05) is 0 Å². The van der Waals surface area contributed by atoms with Gasteiger partial charge in [-0.05, 0) is 25.3 Å². The summed E-state index contributed by atoms with van der Waals surface area (Å²) in [5, 5.41) is 16.0. The summed E-state index contributed by atoms with van der Waals surface area (Å²) in [6, 6.07) is 3.25. The molecule has 4 rings (SSSR count). The Balaban J connectivity index is 1.90. The van der Waals surface area contributed by atoms with E-state index in [1.807, 2.05) is 4.68 Å². The molecule has 0 amide bonds. The first kappa shape index (κ1) is 16.5. The monoisotopic (exact) mass is 358 g/mol. The molecule has 2 aromatic heterocycles. The average Bonchev–Trinajstić information content (AvgIpc) is 3.23. The minimum absolute atomic E-state index is 0.0208. The average molecular weight is 358 g/mol. The van der Waals surface area contributed by atoms with Gasteiger partial charge >= 0.3 is 5.97 Å². The minimum atomic E-state index is -0.446. The number of fused-ring (bicyclic) bond motifs is 3. The van der Waals surface area contributed by atoms with Crippen LogP contribution >= 0.6 is 0 Å². The van der Waals surface area contributed by atoms with Crippen molar-refractivity contribution in [3.05, 3.63) is 34.1 Å². The molecule has 136 valence electrons. The van der Waals surface area contributed by atoms with Crippen LogP contribution in [0.1, 0.15) is 38.1 Å². The lowest BCUT2D eigenvalue weighted by molar-refractivity contribution is -0.383. The number of benzene rings is 1. The van der Waals surface area contributed by atoms with Crippen molar-refractivity contribution in [3.8, 4) is 0 Å². The lowest BCUT2D eigenvalue weighted by atomic mass is 10.1. The lowest BCUT2D eigenvalue weighted by Crippen LogP contribution is -2.19. The smallest absolute Gasteiger partial charge is 0.303 e. The highest BCUT2D eigenvalue weighted by Gasteiger charge is 2.24. The number of aromatic nitrogens is 3. The number of nitro groups is 1. The number of aromatic amines is 1. The maximum Gasteiger partial charge on any atom is 0.303 e. The van der Waals surface area contributed by atoms with Gasteiger partial charge in [0.15, 0.2) is 5.52 Å². The van der Waals surface area contributed by atoms with Crippen LogP contribution in [0, 0.1) is 10.1 Å². The Hall–Kier alpha value is -2.94. The number of hydrogen-bond acceptors (Lipinski definition) is 6. The number of carbonyl (C=O) groups is 1. The molecule has 1 aromatic carbocycles. The normalized spacial score (nSPS) is 17.7. The maximum absolute atomic E-state index is 11.5. The number of esters is 1. The van der Waals surface area contributed by atoms with Gasteiger partial charge in [0.2, 0.25) is 0 Å². The van der Waals surface area contributed by atoms with E-state index >= 15 is 0 Å². The van der Waals surface area contributed by atoms with Gasteiger partial charge in [-0.3, -0.25) is 19.6 Å². The van der Waals surface area contributed by atoms with Gasteiger partial charge in [-0.15, -0.1) is 0 Å². The Kier molecular flexibility index (Phi) is 4.08. The van der Waals surface area contributed by atoms with E-state index in [-0.39, 0.29) is 24.0 Å². The number of carbonyl (C=O) groups excluding carboxylic acids is 1. The van der Waals surface area contributed by atoms with Gasteiger partial charge in [-0.25, -0.2) is 4.98 Å². The van der Waals surface area contributed by atoms with E-state index in [1.165, 1.54) is 13.0 Å². The van der Waals surface area contributed by atoms with Crippen molar-refractivity contribution >= 4 is 33.5 Å². The molecule has 1 atom stereocenters. The molecule has 1 aliphatic heterocycles. The van der Waals surface area contributed by atoms with Crippen molar-refractivity contribution in [1.29, 1.82) is 0 Å². The third-order valence-electron chi connectivity index (χ3n) is 4.55. The van der Waals surface area contributed by atoms with Crippen LogP contribution in [-0.2, 0) is 20.9 Å². The van der Waals surface area contributed by atoms with Gasteiger partial charge in [0, 0.05) is 36.6 Å². The quantitative estimate of drug-likeness (QED) is 0.435. The first-order valence-electron chi connectivity index (χ1n) is 8.46. The Bertz CT molecular complexity index is 1000. The van der Waals surface area contributed by atoms with E-state index in [9.17, 15) is 14.9 Å². The predicted molar refractivity (Wildman–Crippen MR) is 92.6 cm³/mol. The largest absolute Gasteiger partial charge is 0.459 e. The van der Waals surface area contributed by atoms with Gasteiger partial charge in [0.05, 0.1) is 16.1 Å². The number of ether oxygens (including phenoxy) is 2. The summed E-state index contributed by atoms with van der Waals surface area (Å²) in [4.78, 5) is 26.4. The molecular weight excluding hydrogens is 340 g/mol. The molecule has 1 unspecified atom stereocenters. The van der Waals surface area contributed by atoms with Crippen molar-refractivity contribution in [3.63, 3.8) is 0 Å². The van der Waals surface area contributed by atoms with E-state index in [0.29, 0.717) is 23.1 Å². The molecule has 26 heavy (non-hydrogen) atoms. The van der Waals surface area contributed by atoms with E-state index in [4.69, 9.17) is 9.47 Å². The van der Waals surface area contributed by atoms with Crippen LogP contribution in [0.5, 0.6) is 0 Å². The predicted octanol–water partition coefficient (Wildman–Crippen LogP) is 3.19. The standard InChI is InChI=1S/C17H18N4O5/c1-10(22)26-9-12-7-13-16(19-12)14(21(23)24)6-11-8-18-20(17(11)13)15-4-2-3-5-25-15/h6-8,15,18H,2-5,9H2,1H3. The van der Waals surface area contributed by atoms with Gasteiger partial charge in [0.1, 0.15) is 12.8 Å². The highest BCUT2D eigenvalue weighted by molar-refractivity contribution is 6.09. The lowest BCUT2D eigenvalue weighted by Gasteiger charge is -2.24. The molecule has 1 N–H and O–H groups in total. The summed E-state index contributed by atoms with van der Waals surface area (Å²) in [6.07, 6.45) is 4.55. The minimum Gasteiger partial charge on any atom is -0.459 e. The number of nitrogens with one attached hydrogen (secondary N) is 1. The summed E-state index contributed by atoms with van der Waals surface area (Å²) in [7, 11) is 0. The molecule has 9 nitrogen and oxygen atoms in total. The van der Waals surface area contributed by atoms with Gasteiger partial charge < -0.3 is 14.6 Å². The summed E-state index contributed by atoms with van der Waals surface area (Å²) >= 11 is 0. The van der Waals surface area contributed by atoms with E-state index < -0.39 is 10.9 Å². The summed E-state index contributed by atoms with van der Waals surface area (Å²) in [5.41, 5.74) is 1.49. The fourth-order valence-corrected chi connectivity index (χ4v) is 3.41. The third kappa shape index (κ3) is 2.80. The molecule has 1 aliphatic rings. The molecule has 0 bridgehead atoms. The molecule has 0 radical (unpaired) electrons. The number of nitrogens with zero attached hydrogens (tertiary/aromatic N) is 3. The third-order valence-corrected chi connectivity index (χ3v) is 4.55. The second kappa shape index (κ2) is 6.41. The van der Waals surface area contributed by atoms with Crippen LogP contribution < -0.4 is 0 Å². The van der Waals surface area contributed by atoms with E-state index in [0.717, 1.165) is 24.8 Å². The maximum atomic E-state index is 11.5. The van der Waals surface area contributed by atoms with E-state index in [2.05, 4.69) is 10.1 Å². The molecule has 0 saturated carbocycles. The fourth-order valence-electron chi connectivity index (χ4n) is 3.41. The summed E-state index contributed by atoms with van der Waals surface area (Å²) < 4.78 is 12.7. The van der Waals surface area contributed by atoms with Gasteiger partial charge in [0.25, 0.3) is 5.69 Å². The zero-order valence-electron chi connectivity index (χ0n) is 14.2. The summed E-state index contributed by atoms with van der Waals surface area (Å²) in [6.45, 7) is 1.97. The molecule has 0 aliphatic carbocycles. The number of H-pyrrole nitrogens is 1. The second-order valence-corrected chi connectivity index (χ2v) is 6.35. The van der Waals surface area contributed by atoms with Crippen LogP contribution in [0.2, 0.25) is 0 Å². The SMILES string of the molecule is CC(=O)OCc1cc2c(n1)c([N+](=O)[O-])cc1c[nH]n(C3CCCCO3)c12. The topological polar surface area (TPSA) is 112 Å². The Morgan fingerprint density at radius 1 is 1.50 bits per heavy atom. The molecule has 3 aromatic rings. The Labute approximate surface area is 148 Å². The van der Waals surface area contributed by atoms with Crippen molar-refractivity contribution in [2.45, 2.75) is 39.0 Å². The number of rotatable bonds is 4. The molecular formula is C17H18N4O5. The highest BCUT2D eigenvalue weighted by atomic mass is 16.6. The van der Waals surface area contributed by atoms with Crippen LogP contribution in [0.25, 0.3) is 21.8 Å². The summed E-state index contributed by atoms with van der Waals surface area (Å²) in [5.74, 6) is -0.427. The highest BCUT2D eigenvalue weighted by Crippen LogP contribution is 2.36. The zero-order valence-corrected chi connectivity index (χ0v) is 14.2. The molecule has 0 spiro atoms. The van der Waals surface area contributed by atoms with Crippen molar-refractivity contribution in [1.82, 2.24) is 14.8 Å². The number of hydrogen-bond donors (Lipinski definition) is 1. The van der Waals surface area contributed by atoms with E-state index in [1.54, 1.807) is 12.3 Å². The molecule has 1 fully saturated rings. The second-order valence-electron chi connectivity index (χ2n) is 6.35. The van der Waals surface area contributed by atoms with Crippen molar-refractivity contribution in [2.75, 3.05) is 6.61 Å². The van der Waals surface area contributed by atoms with Crippen LogP contribution in [0.3, 0.4) is 0 Å². The van der Waals surface area contributed by atoms with Crippen LogP contribution in [-0.4, -0.2) is 32.3 Å². The zero-order chi connectivity index (χ0) is 18.3. The first-order chi connectivity index (χ1) is 12.5. The fraction of sp³-hybridized carbons (Fsp3) is 0.412. The van der Waals surface area contributed by atoms with Crippen LogP contribution in [0.15, 0.2) is 18.3 Å². The Morgan fingerprint density at radius 2 is 2.35 bits per heavy atom. The Morgan fingerprint density at radius 3 is 3.04 bits per heavy atom. The van der Waals surface area contributed by atoms with Gasteiger partial charge in [-0.2, -0.15) is 0 Å². The first-order valence-corrected chi connectivity index (χ1v) is 8.46.